The molecule has 106 valence electrons. The predicted molar refractivity (Wildman–Crippen MR) is 69.2 cm³/mol. The van der Waals surface area contributed by atoms with Crippen molar-refractivity contribution in [1.29, 1.82) is 0 Å². The summed E-state index contributed by atoms with van der Waals surface area (Å²) >= 11 is 0. The zero-order valence-corrected chi connectivity index (χ0v) is 11.4. The van der Waals surface area contributed by atoms with Crippen LogP contribution in [0.3, 0.4) is 0 Å². The molecular weight excluding hydrogens is 248 g/mol. The first-order valence-electron chi connectivity index (χ1n) is 6.28. The van der Waals surface area contributed by atoms with Crippen molar-refractivity contribution in [2.45, 2.75) is 13.3 Å². The van der Waals surface area contributed by atoms with Gasteiger partial charge in [0.15, 0.2) is 0 Å². The molecule has 6 nitrogen and oxygen atoms in total. The van der Waals surface area contributed by atoms with Gasteiger partial charge in [-0.25, -0.2) is 0 Å². The van der Waals surface area contributed by atoms with Crippen LogP contribution in [0.5, 0.6) is 0 Å². The fraction of sp³-hybridized carbons (Fsp3) is 0.615. The molecule has 1 saturated heterocycles. The van der Waals surface area contributed by atoms with E-state index >= 15 is 0 Å². The standard InChI is InChI=1S/C13H20N2O4/c1-4-6-15(9-12(17)19-5-2)13(18)10-7-11(16)14(3)8-10/h4,10H,1,5-9H2,2-3H3. The number of amides is 2. The first-order chi connectivity index (χ1) is 8.99. The third-order valence-electron chi connectivity index (χ3n) is 2.98. The monoisotopic (exact) mass is 268 g/mol. The topological polar surface area (TPSA) is 66.9 Å². The molecule has 1 aliphatic rings. The van der Waals surface area contributed by atoms with Crippen LogP contribution in [0.15, 0.2) is 12.7 Å². The van der Waals surface area contributed by atoms with E-state index in [1.165, 1.54) is 9.80 Å². The quantitative estimate of drug-likeness (QED) is 0.504. The summed E-state index contributed by atoms with van der Waals surface area (Å²) in [5.41, 5.74) is 0. The molecule has 0 aromatic heterocycles. The average molecular weight is 268 g/mol. The lowest BCUT2D eigenvalue weighted by Gasteiger charge is -2.23. The van der Waals surface area contributed by atoms with Gasteiger partial charge in [-0.2, -0.15) is 0 Å². The zero-order valence-electron chi connectivity index (χ0n) is 11.4. The van der Waals surface area contributed by atoms with Gasteiger partial charge in [-0.05, 0) is 6.92 Å². The van der Waals surface area contributed by atoms with Gasteiger partial charge in [0, 0.05) is 26.6 Å². The van der Waals surface area contributed by atoms with Crippen molar-refractivity contribution < 1.29 is 19.1 Å². The maximum Gasteiger partial charge on any atom is 0.325 e. The lowest BCUT2D eigenvalue weighted by molar-refractivity contribution is -0.149. The summed E-state index contributed by atoms with van der Waals surface area (Å²) in [6, 6.07) is 0. The van der Waals surface area contributed by atoms with Gasteiger partial charge in [-0.3, -0.25) is 14.4 Å². The number of ether oxygens (including phenoxy) is 1. The first kappa shape index (κ1) is 15.2. The molecule has 6 heteroatoms. The predicted octanol–water partition coefficient (Wildman–Crippen LogP) is 0.0424. The number of rotatable bonds is 6. The number of nitrogens with zero attached hydrogens (tertiary/aromatic N) is 2. The van der Waals surface area contributed by atoms with Crippen molar-refractivity contribution in [1.82, 2.24) is 9.80 Å². The van der Waals surface area contributed by atoms with Crippen LogP contribution < -0.4 is 0 Å². The molecule has 0 aromatic carbocycles. The summed E-state index contributed by atoms with van der Waals surface area (Å²) in [4.78, 5) is 38.0. The highest BCUT2D eigenvalue weighted by atomic mass is 16.5. The summed E-state index contributed by atoms with van der Waals surface area (Å²) < 4.78 is 4.83. The minimum absolute atomic E-state index is 0.0481. The first-order valence-corrected chi connectivity index (χ1v) is 6.28. The summed E-state index contributed by atoms with van der Waals surface area (Å²) in [6.45, 7) is 6.12. The Bertz CT molecular complexity index is 381. The SMILES string of the molecule is C=CCN(CC(=O)OCC)C(=O)C1CC(=O)N(C)C1. The van der Waals surface area contributed by atoms with Gasteiger partial charge in [0.1, 0.15) is 6.54 Å². The molecule has 1 fully saturated rings. The second-order valence-corrected chi connectivity index (χ2v) is 4.49. The van der Waals surface area contributed by atoms with Crippen LogP contribution in [0.25, 0.3) is 0 Å². The molecule has 1 atom stereocenters. The smallest absolute Gasteiger partial charge is 0.325 e. The minimum atomic E-state index is -0.449. The van der Waals surface area contributed by atoms with Crippen LogP contribution in [0.4, 0.5) is 0 Å². The Hall–Kier alpha value is -1.85. The van der Waals surface area contributed by atoms with Crippen molar-refractivity contribution in [2.24, 2.45) is 5.92 Å². The lowest BCUT2D eigenvalue weighted by atomic mass is 10.1. The molecule has 0 aromatic rings. The molecule has 0 aliphatic carbocycles. The number of hydrogen-bond acceptors (Lipinski definition) is 4. The molecule has 1 heterocycles. The molecule has 1 unspecified atom stereocenters. The van der Waals surface area contributed by atoms with Crippen LogP contribution in [0.1, 0.15) is 13.3 Å². The molecule has 0 saturated carbocycles. The van der Waals surface area contributed by atoms with Crippen molar-refractivity contribution in [2.75, 3.05) is 33.3 Å². The van der Waals surface area contributed by atoms with Gasteiger partial charge < -0.3 is 14.5 Å². The third-order valence-corrected chi connectivity index (χ3v) is 2.98. The number of carbonyl (C=O) groups excluding carboxylic acids is 3. The summed E-state index contributed by atoms with van der Waals surface area (Å²) in [6.07, 6.45) is 1.75. The summed E-state index contributed by atoms with van der Waals surface area (Å²) in [5.74, 6) is -1.08. The largest absolute Gasteiger partial charge is 0.465 e. The molecule has 0 spiro atoms. The highest BCUT2D eigenvalue weighted by Gasteiger charge is 2.35. The Balaban J connectivity index is 2.65. The number of hydrogen-bond donors (Lipinski definition) is 0. The lowest BCUT2D eigenvalue weighted by Crippen LogP contribution is -2.41. The average Bonchev–Trinajstić information content (AvgIpc) is 2.68. The Morgan fingerprint density at radius 3 is 2.74 bits per heavy atom. The van der Waals surface area contributed by atoms with Crippen molar-refractivity contribution in [3.63, 3.8) is 0 Å². The summed E-state index contributed by atoms with van der Waals surface area (Å²) in [5, 5.41) is 0. The van der Waals surface area contributed by atoms with Gasteiger partial charge in [0.25, 0.3) is 0 Å². The van der Waals surface area contributed by atoms with Crippen LogP contribution in [-0.4, -0.2) is 60.9 Å². The molecule has 1 aliphatic heterocycles. The highest BCUT2D eigenvalue weighted by Crippen LogP contribution is 2.18. The van der Waals surface area contributed by atoms with Crippen LogP contribution in [0.2, 0.25) is 0 Å². The van der Waals surface area contributed by atoms with Crippen LogP contribution in [0, 0.1) is 5.92 Å². The molecule has 0 bridgehead atoms. The molecule has 0 radical (unpaired) electrons. The van der Waals surface area contributed by atoms with E-state index in [1.807, 2.05) is 0 Å². The Morgan fingerprint density at radius 1 is 1.58 bits per heavy atom. The molecule has 1 rings (SSSR count). The van der Waals surface area contributed by atoms with E-state index in [-0.39, 0.29) is 43.8 Å². The number of esters is 1. The molecule has 0 N–H and O–H groups in total. The van der Waals surface area contributed by atoms with Crippen LogP contribution in [-0.2, 0) is 19.1 Å². The zero-order chi connectivity index (χ0) is 14.4. The van der Waals surface area contributed by atoms with E-state index < -0.39 is 5.97 Å². The molecule has 2 amide bonds. The van der Waals surface area contributed by atoms with Gasteiger partial charge >= 0.3 is 5.97 Å². The second-order valence-electron chi connectivity index (χ2n) is 4.49. The molecular formula is C13H20N2O4. The molecule has 19 heavy (non-hydrogen) atoms. The number of carbonyl (C=O) groups is 3. The summed E-state index contributed by atoms with van der Waals surface area (Å²) in [7, 11) is 1.67. The maximum absolute atomic E-state index is 12.3. The third kappa shape index (κ3) is 4.08. The van der Waals surface area contributed by atoms with Crippen LogP contribution >= 0.6 is 0 Å². The fourth-order valence-electron chi connectivity index (χ4n) is 2.04. The minimum Gasteiger partial charge on any atom is -0.465 e. The normalized spacial score (nSPS) is 18.3. The van der Waals surface area contributed by atoms with Gasteiger partial charge in [-0.1, -0.05) is 6.08 Å². The van der Waals surface area contributed by atoms with Crippen molar-refractivity contribution in [3.8, 4) is 0 Å². The fourth-order valence-corrected chi connectivity index (χ4v) is 2.04. The van der Waals surface area contributed by atoms with Gasteiger partial charge in [0.05, 0.1) is 12.5 Å². The highest BCUT2D eigenvalue weighted by molar-refractivity contribution is 5.90. The Morgan fingerprint density at radius 2 is 2.26 bits per heavy atom. The van der Waals surface area contributed by atoms with Gasteiger partial charge in [-0.15, -0.1) is 6.58 Å². The van der Waals surface area contributed by atoms with Crippen molar-refractivity contribution >= 4 is 17.8 Å². The van der Waals surface area contributed by atoms with E-state index in [9.17, 15) is 14.4 Å². The van der Waals surface area contributed by atoms with Gasteiger partial charge in [0.2, 0.25) is 11.8 Å². The Labute approximate surface area is 113 Å². The van der Waals surface area contributed by atoms with E-state index in [4.69, 9.17) is 4.74 Å². The van der Waals surface area contributed by atoms with Crippen molar-refractivity contribution in [3.05, 3.63) is 12.7 Å². The van der Waals surface area contributed by atoms with E-state index in [2.05, 4.69) is 6.58 Å². The van der Waals surface area contributed by atoms with E-state index in [0.717, 1.165) is 0 Å². The number of likely N-dealkylation sites (tertiary alicyclic amines) is 1. The second kappa shape index (κ2) is 6.92. The maximum atomic E-state index is 12.3. The van der Waals surface area contributed by atoms with E-state index in [1.54, 1.807) is 20.0 Å². The van der Waals surface area contributed by atoms with E-state index in [0.29, 0.717) is 6.54 Å². The Kier molecular flexibility index (Phi) is 5.54.